The second-order valence-corrected chi connectivity index (χ2v) is 8.62. The number of para-hydroxylation sites is 1. The minimum absolute atomic E-state index is 0.125. The quantitative estimate of drug-likeness (QED) is 0.207. The summed E-state index contributed by atoms with van der Waals surface area (Å²) in [6.07, 6.45) is 0. The number of halogens is 1. The van der Waals surface area contributed by atoms with Crippen LogP contribution < -0.4 is 10.2 Å². The van der Waals surface area contributed by atoms with Gasteiger partial charge >= 0.3 is 0 Å². The molecule has 0 spiro atoms. The molecule has 0 aliphatic rings. The van der Waals surface area contributed by atoms with Crippen LogP contribution in [0.25, 0.3) is 17.1 Å². The highest BCUT2D eigenvalue weighted by atomic mass is 35.5. The maximum atomic E-state index is 12.5. The summed E-state index contributed by atoms with van der Waals surface area (Å²) >= 11 is 7.33. The SMILES string of the molecule is COc1cccc(C(C)=NNC(=O)CSc2nnc(-c3ccc(Cl)cc3)n2-c2ccccc2)c1. The van der Waals surface area contributed by atoms with Gasteiger partial charge in [0, 0.05) is 21.8 Å². The van der Waals surface area contributed by atoms with Crippen LogP contribution in [0, 0.1) is 0 Å². The van der Waals surface area contributed by atoms with Crippen LogP contribution in [-0.2, 0) is 4.79 Å². The van der Waals surface area contributed by atoms with Gasteiger partial charge in [0.15, 0.2) is 11.0 Å². The molecule has 34 heavy (non-hydrogen) atoms. The molecule has 0 aliphatic heterocycles. The van der Waals surface area contributed by atoms with Gasteiger partial charge < -0.3 is 4.74 Å². The fraction of sp³-hybridized carbons (Fsp3) is 0.120. The summed E-state index contributed by atoms with van der Waals surface area (Å²) in [5.41, 5.74) is 5.91. The number of aromatic nitrogens is 3. The number of benzene rings is 3. The summed E-state index contributed by atoms with van der Waals surface area (Å²) in [7, 11) is 1.61. The Bertz CT molecular complexity index is 1310. The molecule has 9 heteroatoms. The van der Waals surface area contributed by atoms with E-state index in [-0.39, 0.29) is 11.7 Å². The van der Waals surface area contributed by atoms with Crippen molar-refractivity contribution in [2.75, 3.05) is 12.9 Å². The smallest absolute Gasteiger partial charge is 0.250 e. The first-order chi connectivity index (χ1) is 16.5. The minimum atomic E-state index is -0.247. The Morgan fingerprint density at radius 3 is 2.56 bits per heavy atom. The van der Waals surface area contributed by atoms with Crippen molar-refractivity contribution in [1.82, 2.24) is 20.2 Å². The average Bonchev–Trinajstić information content (AvgIpc) is 3.31. The Labute approximate surface area is 206 Å². The van der Waals surface area contributed by atoms with Crippen molar-refractivity contribution < 1.29 is 9.53 Å². The zero-order chi connectivity index (χ0) is 23.9. The molecule has 0 saturated carbocycles. The van der Waals surface area contributed by atoms with E-state index in [1.54, 1.807) is 7.11 Å². The number of hydrogen-bond acceptors (Lipinski definition) is 6. The summed E-state index contributed by atoms with van der Waals surface area (Å²) in [5, 5.41) is 14.2. The molecule has 4 aromatic rings. The molecule has 1 heterocycles. The van der Waals surface area contributed by atoms with Gasteiger partial charge in [0.05, 0.1) is 18.6 Å². The number of amides is 1. The highest BCUT2D eigenvalue weighted by Gasteiger charge is 2.17. The Hall–Kier alpha value is -3.62. The minimum Gasteiger partial charge on any atom is -0.497 e. The van der Waals surface area contributed by atoms with Crippen LogP contribution in [-0.4, -0.2) is 39.2 Å². The van der Waals surface area contributed by atoms with Gasteiger partial charge in [-0.2, -0.15) is 5.10 Å². The lowest BCUT2D eigenvalue weighted by atomic mass is 10.1. The number of methoxy groups -OCH3 is 1. The van der Waals surface area contributed by atoms with E-state index >= 15 is 0 Å². The van der Waals surface area contributed by atoms with Crippen molar-refractivity contribution in [3.8, 4) is 22.8 Å². The molecule has 4 rings (SSSR count). The molecule has 0 fully saturated rings. The molecule has 0 unspecified atom stereocenters. The van der Waals surface area contributed by atoms with E-state index in [1.807, 2.05) is 90.4 Å². The number of carbonyl (C=O) groups is 1. The number of nitrogens with zero attached hydrogens (tertiary/aromatic N) is 4. The first kappa shape index (κ1) is 23.5. The van der Waals surface area contributed by atoms with Crippen LogP contribution in [0.15, 0.2) is 89.1 Å². The fourth-order valence-electron chi connectivity index (χ4n) is 3.18. The molecule has 0 atom stereocenters. The van der Waals surface area contributed by atoms with Crippen LogP contribution in [0.4, 0.5) is 0 Å². The lowest BCUT2D eigenvalue weighted by Crippen LogP contribution is -2.21. The first-order valence-corrected chi connectivity index (χ1v) is 11.8. The second kappa shape index (κ2) is 11.0. The number of thioether (sulfide) groups is 1. The zero-order valence-electron chi connectivity index (χ0n) is 18.6. The van der Waals surface area contributed by atoms with Crippen LogP contribution in [0.1, 0.15) is 12.5 Å². The normalized spacial score (nSPS) is 11.3. The standard InChI is InChI=1S/C25H22ClN5O2S/c1-17(19-7-6-10-22(15-19)33-2)27-28-23(32)16-34-25-30-29-24(18-11-13-20(26)14-12-18)31(25)21-8-4-3-5-9-21/h3-15H,16H2,1-2H3,(H,28,32). The summed E-state index contributed by atoms with van der Waals surface area (Å²) in [4.78, 5) is 12.5. The van der Waals surface area contributed by atoms with E-state index in [9.17, 15) is 4.79 Å². The fourth-order valence-corrected chi connectivity index (χ4v) is 4.05. The molecule has 7 nitrogen and oxygen atoms in total. The van der Waals surface area contributed by atoms with Gasteiger partial charge in [-0.3, -0.25) is 9.36 Å². The van der Waals surface area contributed by atoms with Crippen molar-refractivity contribution in [2.24, 2.45) is 5.10 Å². The number of carbonyl (C=O) groups excluding carboxylic acids is 1. The predicted molar refractivity (Wildman–Crippen MR) is 136 cm³/mol. The van der Waals surface area contributed by atoms with Crippen molar-refractivity contribution in [1.29, 1.82) is 0 Å². The lowest BCUT2D eigenvalue weighted by Gasteiger charge is -2.10. The highest BCUT2D eigenvalue weighted by Crippen LogP contribution is 2.28. The van der Waals surface area contributed by atoms with Gasteiger partial charge in [0.1, 0.15) is 5.75 Å². The largest absolute Gasteiger partial charge is 0.497 e. The van der Waals surface area contributed by atoms with Crippen molar-refractivity contribution in [3.05, 3.63) is 89.4 Å². The van der Waals surface area contributed by atoms with Crippen LogP contribution in [0.2, 0.25) is 5.02 Å². The number of ether oxygens (including phenoxy) is 1. The summed E-state index contributed by atoms with van der Waals surface area (Å²) in [5.74, 6) is 1.27. The highest BCUT2D eigenvalue weighted by molar-refractivity contribution is 7.99. The van der Waals surface area contributed by atoms with Gasteiger partial charge in [-0.25, -0.2) is 5.43 Å². The Morgan fingerprint density at radius 2 is 1.82 bits per heavy atom. The number of hydrogen-bond donors (Lipinski definition) is 1. The van der Waals surface area contributed by atoms with Crippen LogP contribution >= 0.6 is 23.4 Å². The maximum absolute atomic E-state index is 12.5. The van der Waals surface area contributed by atoms with Gasteiger partial charge in [0.25, 0.3) is 5.91 Å². The number of rotatable bonds is 8. The third kappa shape index (κ3) is 5.65. The van der Waals surface area contributed by atoms with Crippen molar-refractivity contribution >= 4 is 35.0 Å². The third-order valence-electron chi connectivity index (χ3n) is 4.92. The first-order valence-electron chi connectivity index (χ1n) is 10.4. The van der Waals surface area contributed by atoms with E-state index in [0.717, 1.165) is 22.6 Å². The Balaban J connectivity index is 1.50. The zero-order valence-corrected chi connectivity index (χ0v) is 20.2. The van der Waals surface area contributed by atoms with Crippen molar-refractivity contribution in [2.45, 2.75) is 12.1 Å². The Morgan fingerprint density at radius 1 is 1.06 bits per heavy atom. The molecule has 0 bridgehead atoms. The van der Waals surface area contributed by atoms with Crippen molar-refractivity contribution in [3.63, 3.8) is 0 Å². The topological polar surface area (TPSA) is 81.4 Å². The summed E-state index contributed by atoms with van der Waals surface area (Å²) < 4.78 is 7.16. The summed E-state index contributed by atoms with van der Waals surface area (Å²) in [6, 6.07) is 24.7. The lowest BCUT2D eigenvalue weighted by molar-refractivity contribution is -0.118. The maximum Gasteiger partial charge on any atom is 0.250 e. The van der Waals surface area contributed by atoms with E-state index in [2.05, 4.69) is 20.7 Å². The van der Waals surface area contributed by atoms with E-state index in [0.29, 0.717) is 21.7 Å². The molecule has 0 radical (unpaired) electrons. The number of hydrazone groups is 1. The molecule has 1 amide bonds. The molecular formula is C25H22ClN5O2S. The van der Waals surface area contributed by atoms with Crippen LogP contribution in [0.5, 0.6) is 5.75 Å². The molecule has 0 saturated heterocycles. The van der Waals surface area contributed by atoms with Gasteiger partial charge in [0.2, 0.25) is 0 Å². The molecule has 172 valence electrons. The third-order valence-corrected chi connectivity index (χ3v) is 6.10. The molecule has 1 aromatic heterocycles. The molecule has 3 aromatic carbocycles. The van der Waals surface area contributed by atoms with Gasteiger partial charge in [-0.05, 0) is 55.5 Å². The van der Waals surface area contributed by atoms with Gasteiger partial charge in [-0.15, -0.1) is 10.2 Å². The molecule has 0 aliphatic carbocycles. The number of nitrogens with one attached hydrogen (secondary N) is 1. The average molecular weight is 492 g/mol. The summed E-state index contributed by atoms with van der Waals surface area (Å²) in [6.45, 7) is 1.83. The Kier molecular flexibility index (Phi) is 7.61. The van der Waals surface area contributed by atoms with E-state index in [4.69, 9.17) is 16.3 Å². The van der Waals surface area contributed by atoms with E-state index < -0.39 is 0 Å². The predicted octanol–water partition coefficient (Wildman–Crippen LogP) is 5.23. The monoisotopic (exact) mass is 491 g/mol. The molecule has 1 N–H and O–H groups in total. The van der Waals surface area contributed by atoms with Gasteiger partial charge in [-0.1, -0.05) is 53.7 Å². The second-order valence-electron chi connectivity index (χ2n) is 7.24. The molecular weight excluding hydrogens is 470 g/mol. The van der Waals surface area contributed by atoms with Crippen LogP contribution in [0.3, 0.4) is 0 Å². The van der Waals surface area contributed by atoms with E-state index in [1.165, 1.54) is 11.8 Å².